The molecule has 4 nitrogen and oxygen atoms in total. The number of para-hydroxylation sites is 1. The summed E-state index contributed by atoms with van der Waals surface area (Å²) in [7, 11) is 3.96. The zero-order valence-corrected chi connectivity index (χ0v) is 13.4. The van der Waals surface area contributed by atoms with E-state index < -0.39 is 5.82 Å². The molecule has 0 bridgehead atoms. The molecular weight excluding hydrogens is 295 g/mol. The number of nitrogens with one attached hydrogen (secondary N) is 1. The van der Waals surface area contributed by atoms with Crippen LogP contribution in [0.2, 0.25) is 0 Å². The average Bonchev–Trinajstić information content (AvgIpc) is 2.55. The summed E-state index contributed by atoms with van der Waals surface area (Å²) in [6.07, 6.45) is 0.185. The number of halogens is 1. The molecule has 23 heavy (non-hydrogen) atoms. The molecule has 2 aromatic rings. The van der Waals surface area contributed by atoms with Gasteiger partial charge in [-0.3, -0.25) is 4.79 Å². The Hall–Kier alpha value is -2.56. The highest BCUT2D eigenvalue weighted by molar-refractivity contribution is 5.76. The van der Waals surface area contributed by atoms with Gasteiger partial charge in [0.15, 0.2) is 11.6 Å². The third-order valence-corrected chi connectivity index (χ3v) is 3.37. The summed E-state index contributed by atoms with van der Waals surface area (Å²) in [6, 6.07) is 14.1. The van der Waals surface area contributed by atoms with Gasteiger partial charge in [-0.1, -0.05) is 24.3 Å². The smallest absolute Gasteiger partial charge is 0.223 e. The molecule has 122 valence electrons. The minimum Gasteiger partial charge on any atom is -0.490 e. The minimum absolute atomic E-state index is 0.127. The minimum atomic E-state index is -0.422. The van der Waals surface area contributed by atoms with Crippen molar-refractivity contribution < 1.29 is 13.9 Å². The van der Waals surface area contributed by atoms with Gasteiger partial charge in [0.25, 0.3) is 0 Å². The van der Waals surface area contributed by atoms with Crippen LogP contribution in [-0.2, 0) is 11.3 Å². The van der Waals surface area contributed by atoms with Gasteiger partial charge in [-0.25, -0.2) is 4.39 Å². The molecule has 5 heteroatoms. The van der Waals surface area contributed by atoms with Gasteiger partial charge in [0, 0.05) is 26.3 Å². The Labute approximate surface area is 135 Å². The highest BCUT2D eigenvalue weighted by Gasteiger charge is 2.05. The molecular formula is C18H21FN2O2. The van der Waals surface area contributed by atoms with Crippen molar-refractivity contribution in [2.45, 2.75) is 13.0 Å². The molecule has 2 rings (SSSR count). The molecule has 0 saturated carbocycles. The van der Waals surface area contributed by atoms with Crippen LogP contribution in [0.5, 0.6) is 5.75 Å². The second kappa shape index (κ2) is 8.17. The number of carbonyl (C=O) groups excluding carboxylic acids is 1. The van der Waals surface area contributed by atoms with Gasteiger partial charge in [-0.15, -0.1) is 0 Å². The Morgan fingerprint density at radius 2 is 1.83 bits per heavy atom. The Kier molecular flexibility index (Phi) is 5.97. The predicted molar refractivity (Wildman–Crippen MR) is 89.1 cm³/mol. The fourth-order valence-corrected chi connectivity index (χ4v) is 2.02. The first-order valence-corrected chi connectivity index (χ1v) is 7.46. The highest BCUT2D eigenvalue weighted by atomic mass is 19.1. The van der Waals surface area contributed by atoms with Crippen molar-refractivity contribution in [2.24, 2.45) is 0 Å². The number of benzene rings is 2. The number of anilines is 1. The number of nitrogens with zero attached hydrogens (tertiary/aromatic N) is 1. The molecule has 0 radical (unpaired) electrons. The molecule has 0 aliphatic heterocycles. The van der Waals surface area contributed by atoms with Crippen LogP contribution in [-0.4, -0.2) is 26.6 Å². The Morgan fingerprint density at radius 3 is 2.48 bits per heavy atom. The Balaban J connectivity index is 1.72. The van der Waals surface area contributed by atoms with Crippen LogP contribution in [0, 0.1) is 5.82 Å². The van der Waals surface area contributed by atoms with Gasteiger partial charge in [-0.2, -0.15) is 0 Å². The lowest BCUT2D eigenvalue weighted by atomic mass is 10.2. The summed E-state index contributed by atoms with van der Waals surface area (Å²) in [5.41, 5.74) is 2.14. The molecule has 0 heterocycles. The fourth-order valence-electron chi connectivity index (χ4n) is 2.02. The van der Waals surface area contributed by atoms with E-state index in [0.717, 1.165) is 11.3 Å². The van der Waals surface area contributed by atoms with Crippen molar-refractivity contribution in [1.82, 2.24) is 5.32 Å². The number of amides is 1. The van der Waals surface area contributed by atoms with E-state index in [-0.39, 0.29) is 24.7 Å². The first-order chi connectivity index (χ1) is 11.1. The normalized spacial score (nSPS) is 10.2. The number of hydrogen-bond donors (Lipinski definition) is 1. The predicted octanol–water partition coefficient (Wildman–Crippen LogP) is 2.98. The van der Waals surface area contributed by atoms with Gasteiger partial charge in [0.05, 0.1) is 13.0 Å². The van der Waals surface area contributed by atoms with Crippen molar-refractivity contribution >= 4 is 11.6 Å². The molecule has 0 aliphatic carbocycles. The lowest BCUT2D eigenvalue weighted by Gasteiger charge is -2.13. The van der Waals surface area contributed by atoms with Crippen molar-refractivity contribution in [1.29, 1.82) is 0 Å². The lowest BCUT2D eigenvalue weighted by molar-refractivity contribution is -0.121. The first kappa shape index (κ1) is 16.8. The third-order valence-electron chi connectivity index (χ3n) is 3.37. The van der Waals surface area contributed by atoms with E-state index in [1.54, 1.807) is 18.2 Å². The van der Waals surface area contributed by atoms with Crippen molar-refractivity contribution in [2.75, 3.05) is 25.6 Å². The van der Waals surface area contributed by atoms with Gasteiger partial charge < -0.3 is 15.0 Å². The third kappa shape index (κ3) is 5.29. The zero-order valence-electron chi connectivity index (χ0n) is 13.4. The largest absolute Gasteiger partial charge is 0.490 e. The molecule has 0 spiro atoms. The second-order valence-corrected chi connectivity index (χ2v) is 5.37. The van der Waals surface area contributed by atoms with Gasteiger partial charge >= 0.3 is 0 Å². The van der Waals surface area contributed by atoms with E-state index in [4.69, 9.17) is 4.74 Å². The Bertz CT molecular complexity index is 642. The SMILES string of the molecule is CN(C)c1ccc(CNC(=O)CCOc2ccccc2F)cc1. The van der Waals surface area contributed by atoms with Crippen LogP contribution in [0.3, 0.4) is 0 Å². The molecule has 0 aliphatic rings. The summed E-state index contributed by atoms with van der Waals surface area (Å²) in [6.45, 7) is 0.610. The quantitative estimate of drug-likeness (QED) is 0.854. The van der Waals surface area contributed by atoms with Crippen molar-refractivity contribution in [3.63, 3.8) is 0 Å². The van der Waals surface area contributed by atoms with Crippen LogP contribution in [0.1, 0.15) is 12.0 Å². The second-order valence-electron chi connectivity index (χ2n) is 5.37. The summed E-state index contributed by atoms with van der Waals surface area (Å²) >= 11 is 0. The van der Waals surface area contributed by atoms with Crippen LogP contribution >= 0.6 is 0 Å². The van der Waals surface area contributed by atoms with E-state index in [2.05, 4.69) is 5.32 Å². The molecule has 1 N–H and O–H groups in total. The van der Waals surface area contributed by atoms with Crippen LogP contribution in [0.4, 0.5) is 10.1 Å². The maximum atomic E-state index is 13.3. The zero-order chi connectivity index (χ0) is 16.7. The number of hydrogen-bond acceptors (Lipinski definition) is 3. The molecule has 0 atom stereocenters. The molecule has 1 amide bonds. The summed E-state index contributed by atoms with van der Waals surface area (Å²) in [5, 5.41) is 2.82. The fraction of sp³-hybridized carbons (Fsp3) is 0.278. The summed E-state index contributed by atoms with van der Waals surface area (Å²) in [5.74, 6) is -0.383. The maximum Gasteiger partial charge on any atom is 0.223 e. The molecule has 0 fully saturated rings. The van der Waals surface area contributed by atoms with E-state index >= 15 is 0 Å². The van der Waals surface area contributed by atoms with Crippen LogP contribution in [0.25, 0.3) is 0 Å². The van der Waals surface area contributed by atoms with Crippen molar-refractivity contribution in [3.05, 3.63) is 59.9 Å². The van der Waals surface area contributed by atoms with Gasteiger partial charge in [0.1, 0.15) is 0 Å². The maximum absolute atomic E-state index is 13.3. The van der Waals surface area contributed by atoms with Crippen LogP contribution in [0.15, 0.2) is 48.5 Å². The summed E-state index contributed by atoms with van der Waals surface area (Å²) < 4.78 is 18.6. The van der Waals surface area contributed by atoms with E-state index in [9.17, 15) is 9.18 Å². The lowest BCUT2D eigenvalue weighted by Crippen LogP contribution is -2.24. The highest BCUT2D eigenvalue weighted by Crippen LogP contribution is 2.15. The van der Waals surface area contributed by atoms with Crippen LogP contribution < -0.4 is 15.0 Å². The van der Waals surface area contributed by atoms with Crippen molar-refractivity contribution in [3.8, 4) is 5.75 Å². The van der Waals surface area contributed by atoms with E-state index in [1.165, 1.54) is 6.07 Å². The number of ether oxygens (including phenoxy) is 1. The van der Waals surface area contributed by atoms with E-state index in [0.29, 0.717) is 6.54 Å². The topological polar surface area (TPSA) is 41.6 Å². The van der Waals surface area contributed by atoms with Gasteiger partial charge in [0.2, 0.25) is 5.91 Å². The average molecular weight is 316 g/mol. The number of rotatable bonds is 7. The monoisotopic (exact) mass is 316 g/mol. The molecule has 0 unspecified atom stereocenters. The summed E-state index contributed by atoms with van der Waals surface area (Å²) in [4.78, 5) is 13.8. The Morgan fingerprint density at radius 1 is 1.13 bits per heavy atom. The molecule has 0 aromatic heterocycles. The number of carbonyl (C=O) groups is 1. The molecule has 2 aromatic carbocycles. The van der Waals surface area contributed by atoms with E-state index in [1.807, 2.05) is 43.3 Å². The first-order valence-electron chi connectivity index (χ1n) is 7.46. The van der Waals surface area contributed by atoms with Gasteiger partial charge in [-0.05, 0) is 29.8 Å². The molecule has 0 saturated heterocycles. The standard InChI is InChI=1S/C18H21FN2O2/c1-21(2)15-9-7-14(8-10-15)13-20-18(22)11-12-23-17-6-4-3-5-16(17)19/h3-10H,11-13H2,1-2H3,(H,20,22).